The third-order valence-corrected chi connectivity index (χ3v) is 10.1. The number of ether oxygens (including phenoxy) is 1. The summed E-state index contributed by atoms with van der Waals surface area (Å²) in [4.78, 5) is 49.3. The third kappa shape index (κ3) is 5.63. The summed E-state index contributed by atoms with van der Waals surface area (Å²) < 4.78 is 7.03. The number of carbonyl (C=O) groups is 3. The van der Waals surface area contributed by atoms with Gasteiger partial charge in [-0.15, -0.1) is 13.2 Å². The fraction of sp³-hybridized carbons (Fsp3) is 0.486. The number of aliphatic hydroxyl groups excluding tert-OH is 1. The average Bonchev–Trinajstić information content (AvgIpc) is 3.64. The highest BCUT2D eigenvalue weighted by atomic mass is 16.5. The molecule has 2 aromatic carbocycles. The molecule has 8 nitrogen and oxygen atoms in total. The minimum Gasteiger partial charge on any atom is -0.396 e. The number of amides is 3. The maximum absolute atomic E-state index is 14.9. The Kier molecular flexibility index (Phi) is 9.65. The molecule has 3 fully saturated rings. The number of aliphatic hydroxyl groups is 1. The second-order valence-corrected chi connectivity index (χ2v) is 12.8. The van der Waals surface area contributed by atoms with E-state index in [9.17, 15) is 19.5 Å². The molecule has 0 saturated carbocycles. The van der Waals surface area contributed by atoms with Gasteiger partial charge in [0, 0.05) is 38.5 Å². The molecular weight excluding hydrogens is 566 g/mol. The zero-order valence-electron chi connectivity index (χ0n) is 26.9. The summed E-state index contributed by atoms with van der Waals surface area (Å²) in [7, 11) is 0. The van der Waals surface area contributed by atoms with Crippen LogP contribution in [0.1, 0.15) is 55.7 Å². The molecule has 3 heterocycles. The summed E-state index contributed by atoms with van der Waals surface area (Å²) in [6, 6.07) is 14.9. The SMILES string of the molecule is C=CCN(Cc1ccccc1)C(=O)[C@H]1[C@H]2C(=O)N(CCCCO)C(C(=O)N(CC=C)c3cc(C)ccc3C)C23CC[C@]1(CC)O3. The van der Waals surface area contributed by atoms with Gasteiger partial charge in [-0.2, -0.15) is 0 Å². The lowest BCUT2D eigenvalue weighted by molar-refractivity contribution is -0.151. The van der Waals surface area contributed by atoms with Gasteiger partial charge in [0.1, 0.15) is 11.6 Å². The lowest BCUT2D eigenvalue weighted by atomic mass is 9.64. The van der Waals surface area contributed by atoms with E-state index in [1.807, 2.05) is 69.3 Å². The Balaban J connectivity index is 1.59. The maximum Gasteiger partial charge on any atom is 0.253 e. The van der Waals surface area contributed by atoms with Crippen LogP contribution in [0.15, 0.2) is 73.8 Å². The van der Waals surface area contributed by atoms with Crippen molar-refractivity contribution in [3.8, 4) is 0 Å². The molecule has 2 unspecified atom stereocenters. The summed E-state index contributed by atoms with van der Waals surface area (Å²) in [5, 5.41) is 9.55. The molecule has 2 bridgehead atoms. The number of aryl methyl sites for hydroxylation is 2. The van der Waals surface area contributed by atoms with Crippen molar-refractivity contribution in [2.75, 3.05) is 31.1 Å². The maximum atomic E-state index is 14.9. The third-order valence-electron chi connectivity index (χ3n) is 10.1. The van der Waals surface area contributed by atoms with Crippen molar-refractivity contribution in [1.29, 1.82) is 0 Å². The highest BCUT2D eigenvalue weighted by Crippen LogP contribution is 2.64. The standard InChI is InChI=1S/C37H47N3O5/c1-6-20-38(25-28-14-10-9-11-15-28)33(42)30-31-34(43)40(22-12-13-23-41)32(37(31)19-18-36(30,8-3)45-37)35(44)39(21-7-2)29-24-26(4)16-17-27(29)5/h6-7,9-11,14-17,24,30-32,41H,1-2,8,12-13,18-23,25H2,3-5H3/t30-,31+,32?,36+,37?/m1/s1. The molecule has 2 aromatic rings. The largest absolute Gasteiger partial charge is 0.396 e. The highest BCUT2D eigenvalue weighted by molar-refractivity contribution is 6.05. The van der Waals surface area contributed by atoms with Crippen molar-refractivity contribution in [3.05, 3.63) is 90.5 Å². The predicted octanol–water partition coefficient (Wildman–Crippen LogP) is 4.96. The Hall–Kier alpha value is -3.75. The number of anilines is 1. The van der Waals surface area contributed by atoms with Gasteiger partial charge >= 0.3 is 0 Å². The number of likely N-dealkylation sites (tertiary alicyclic amines) is 1. The van der Waals surface area contributed by atoms with E-state index >= 15 is 0 Å². The van der Waals surface area contributed by atoms with Crippen molar-refractivity contribution in [3.63, 3.8) is 0 Å². The Morgan fingerprint density at radius 1 is 1.04 bits per heavy atom. The number of fused-ring (bicyclic) bond motifs is 1. The first-order valence-electron chi connectivity index (χ1n) is 16.2. The normalized spacial score (nSPS) is 26.5. The van der Waals surface area contributed by atoms with Gasteiger partial charge in [-0.1, -0.05) is 61.5 Å². The van der Waals surface area contributed by atoms with Crippen LogP contribution in [-0.2, 0) is 25.7 Å². The van der Waals surface area contributed by atoms with Crippen LogP contribution < -0.4 is 4.90 Å². The number of unbranched alkanes of at least 4 members (excludes halogenated alkanes) is 1. The number of hydrogen-bond donors (Lipinski definition) is 1. The molecule has 1 spiro atoms. The van der Waals surface area contributed by atoms with Gasteiger partial charge in [0.2, 0.25) is 11.8 Å². The van der Waals surface area contributed by atoms with E-state index in [0.717, 1.165) is 22.4 Å². The number of benzene rings is 2. The van der Waals surface area contributed by atoms with E-state index in [1.165, 1.54) is 0 Å². The minimum absolute atomic E-state index is 0.00710. The molecule has 0 aliphatic carbocycles. The minimum atomic E-state index is -1.13. The van der Waals surface area contributed by atoms with Crippen molar-refractivity contribution in [1.82, 2.24) is 9.80 Å². The quantitative estimate of drug-likeness (QED) is 0.240. The lowest BCUT2D eigenvalue weighted by Gasteiger charge is -2.37. The molecule has 3 saturated heterocycles. The van der Waals surface area contributed by atoms with Crippen LogP contribution in [0, 0.1) is 25.7 Å². The molecule has 3 aliphatic heterocycles. The Labute approximate surface area is 267 Å². The van der Waals surface area contributed by atoms with Gasteiger partial charge in [0.15, 0.2) is 0 Å². The van der Waals surface area contributed by atoms with Crippen LogP contribution in [0.2, 0.25) is 0 Å². The van der Waals surface area contributed by atoms with Crippen molar-refractivity contribution >= 4 is 23.4 Å². The Morgan fingerprint density at radius 2 is 1.78 bits per heavy atom. The number of carbonyl (C=O) groups excluding carboxylic acids is 3. The van der Waals surface area contributed by atoms with E-state index in [2.05, 4.69) is 13.2 Å². The number of rotatable bonds is 14. The molecule has 5 rings (SSSR count). The average molecular weight is 614 g/mol. The summed E-state index contributed by atoms with van der Waals surface area (Å²) in [5.74, 6) is -2.08. The first-order valence-corrected chi connectivity index (χ1v) is 16.2. The second kappa shape index (κ2) is 13.3. The van der Waals surface area contributed by atoms with E-state index in [4.69, 9.17) is 4.74 Å². The number of nitrogens with zero attached hydrogens (tertiary/aromatic N) is 3. The van der Waals surface area contributed by atoms with Crippen molar-refractivity contribution < 1.29 is 24.2 Å². The van der Waals surface area contributed by atoms with E-state index in [1.54, 1.807) is 26.9 Å². The van der Waals surface area contributed by atoms with E-state index < -0.39 is 29.1 Å². The zero-order chi connectivity index (χ0) is 32.4. The van der Waals surface area contributed by atoms with Crippen LogP contribution in [-0.4, -0.2) is 76.1 Å². The first-order chi connectivity index (χ1) is 21.7. The van der Waals surface area contributed by atoms with Crippen LogP contribution in [0.3, 0.4) is 0 Å². The Morgan fingerprint density at radius 3 is 2.44 bits per heavy atom. The molecule has 3 aliphatic rings. The molecular formula is C37H47N3O5. The summed E-state index contributed by atoms with van der Waals surface area (Å²) in [5.41, 5.74) is 1.75. The summed E-state index contributed by atoms with van der Waals surface area (Å²) in [6.07, 6.45) is 6.12. The van der Waals surface area contributed by atoms with Crippen LogP contribution >= 0.6 is 0 Å². The fourth-order valence-corrected chi connectivity index (χ4v) is 7.99. The fourth-order valence-electron chi connectivity index (χ4n) is 7.99. The molecule has 5 atom stereocenters. The molecule has 0 aromatic heterocycles. The van der Waals surface area contributed by atoms with Crippen molar-refractivity contribution in [2.24, 2.45) is 11.8 Å². The van der Waals surface area contributed by atoms with Gasteiger partial charge in [0.25, 0.3) is 5.91 Å². The lowest BCUT2D eigenvalue weighted by Crippen LogP contribution is -2.56. The van der Waals surface area contributed by atoms with Gasteiger partial charge in [-0.3, -0.25) is 14.4 Å². The topological polar surface area (TPSA) is 90.4 Å². The molecule has 240 valence electrons. The van der Waals surface area contributed by atoms with E-state index in [-0.39, 0.29) is 30.9 Å². The molecule has 1 N–H and O–H groups in total. The van der Waals surface area contributed by atoms with Crippen LogP contribution in [0.25, 0.3) is 0 Å². The molecule has 45 heavy (non-hydrogen) atoms. The van der Waals surface area contributed by atoms with Crippen LogP contribution in [0.5, 0.6) is 0 Å². The highest BCUT2D eigenvalue weighted by Gasteiger charge is 2.79. The monoisotopic (exact) mass is 613 g/mol. The molecule has 0 radical (unpaired) electrons. The Bertz CT molecular complexity index is 1440. The van der Waals surface area contributed by atoms with Gasteiger partial charge < -0.3 is 24.5 Å². The number of hydrogen-bond acceptors (Lipinski definition) is 5. The second-order valence-electron chi connectivity index (χ2n) is 12.8. The van der Waals surface area contributed by atoms with Gasteiger partial charge in [-0.25, -0.2) is 0 Å². The zero-order valence-corrected chi connectivity index (χ0v) is 26.9. The first kappa shape index (κ1) is 32.6. The molecule has 3 amide bonds. The van der Waals surface area contributed by atoms with Crippen molar-refractivity contribution in [2.45, 2.75) is 76.7 Å². The smallest absolute Gasteiger partial charge is 0.253 e. The predicted molar refractivity (Wildman–Crippen MR) is 175 cm³/mol. The molecule has 8 heteroatoms. The summed E-state index contributed by atoms with van der Waals surface area (Å²) >= 11 is 0. The van der Waals surface area contributed by atoms with E-state index in [0.29, 0.717) is 51.7 Å². The van der Waals surface area contributed by atoms with Gasteiger partial charge in [-0.05, 0) is 68.7 Å². The van der Waals surface area contributed by atoms with Crippen LogP contribution in [0.4, 0.5) is 5.69 Å². The summed E-state index contributed by atoms with van der Waals surface area (Å²) in [6.45, 7) is 15.1. The van der Waals surface area contributed by atoms with Gasteiger partial charge in [0.05, 0.1) is 17.4 Å².